The lowest BCUT2D eigenvalue weighted by molar-refractivity contribution is 0.391. The zero-order chi connectivity index (χ0) is 14.2. The highest BCUT2D eigenvalue weighted by Crippen LogP contribution is 2.29. The van der Waals surface area contributed by atoms with Gasteiger partial charge in [0, 0.05) is 15.6 Å². The molecule has 0 atom stereocenters. The maximum absolute atomic E-state index is 4.36. The molecule has 0 aliphatic carbocycles. The number of aryl methyl sites for hydroxylation is 1. The smallest absolute Gasteiger partial charge is 0.164 e. The molecule has 0 N–H and O–H groups in total. The van der Waals surface area contributed by atoms with Gasteiger partial charge in [-0.3, -0.25) is 0 Å². The van der Waals surface area contributed by atoms with Crippen molar-refractivity contribution >= 4 is 31.9 Å². The zero-order valence-corrected chi connectivity index (χ0v) is 14.7. The molecule has 0 radical (unpaired) electrons. The Kier molecular flexibility index (Phi) is 4.16. The summed E-state index contributed by atoms with van der Waals surface area (Å²) >= 11 is 7.01. The van der Waals surface area contributed by atoms with Gasteiger partial charge < -0.3 is 4.57 Å². The van der Waals surface area contributed by atoms with Crippen LogP contribution in [0.25, 0.3) is 11.4 Å². The fourth-order valence-corrected chi connectivity index (χ4v) is 2.69. The highest BCUT2D eigenvalue weighted by atomic mass is 79.9. The van der Waals surface area contributed by atoms with Gasteiger partial charge in [0.25, 0.3) is 0 Å². The van der Waals surface area contributed by atoms with E-state index in [-0.39, 0.29) is 5.54 Å². The van der Waals surface area contributed by atoms with Crippen LogP contribution >= 0.6 is 31.9 Å². The first-order valence-corrected chi connectivity index (χ1v) is 8.03. The van der Waals surface area contributed by atoms with Crippen LogP contribution in [-0.4, -0.2) is 14.8 Å². The number of nitrogens with zero attached hydrogens (tertiary/aromatic N) is 3. The SMILES string of the molecule is Cc1cc(-c2nnc(CBr)n2C(C)(C)C)ccc1Br. The summed E-state index contributed by atoms with van der Waals surface area (Å²) in [5, 5.41) is 9.35. The van der Waals surface area contributed by atoms with Crippen LogP contribution in [0.3, 0.4) is 0 Å². The molecule has 1 aromatic carbocycles. The van der Waals surface area contributed by atoms with E-state index in [1.807, 2.05) is 0 Å². The second-order valence-corrected chi connectivity index (χ2v) is 6.96. The molecule has 19 heavy (non-hydrogen) atoms. The van der Waals surface area contributed by atoms with Crippen LogP contribution in [-0.2, 0) is 10.9 Å². The molecule has 2 rings (SSSR count). The lowest BCUT2D eigenvalue weighted by atomic mass is 10.1. The van der Waals surface area contributed by atoms with Crippen molar-refractivity contribution in [1.82, 2.24) is 14.8 Å². The van der Waals surface area contributed by atoms with Gasteiger partial charge in [-0.05, 0) is 45.4 Å². The van der Waals surface area contributed by atoms with Crippen molar-refractivity contribution in [2.75, 3.05) is 0 Å². The van der Waals surface area contributed by atoms with Gasteiger partial charge in [0.05, 0.1) is 5.33 Å². The number of benzene rings is 1. The number of aromatic nitrogens is 3. The van der Waals surface area contributed by atoms with Gasteiger partial charge in [0.15, 0.2) is 5.82 Å². The van der Waals surface area contributed by atoms with Gasteiger partial charge >= 0.3 is 0 Å². The van der Waals surface area contributed by atoms with Crippen LogP contribution in [0.1, 0.15) is 32.2 Å². The number of alkyl halides is 1. The molecule has 1 heterocycles. The molecule has 0 aliphatic heterocycles. The summed E-state index contributed by atoms with van der Waals surface area (Å²) in [6.07, 6.45) is 0. The molecule has 3 nitrogen and oxygen atoms in total. The van der Waals surface area contributed by atoms with Crippen LogP contribution in [0.5, 0.6) is 0 Å². The minimum atomic E-state index is -0.0527. The van der Waals surface area contributed by atoms with Gasteiger partial charge in [-0.25, -0.2) is 0 Å². The van der Waals surface area contributed by atoms with E-state index in [2.05, 4.69) is 92.5 Å². The second kappa shape index (κ2) is 5.37. The van der Waals surface area contributed by atoms with Crippen LogP contribution in [0.2, 0.25) is 0 Å². The standard InChI is InChI=1S/C14H17Br2N3/c1-9-7-10(5-6-11(9)16)13-18-17-12(8-15)19(13)14(2,3)4/h5-7H,8H2,1-4H3. The van der Waals surface area contributed by atoms with E-state index in [1.165, 1.54) is 5.56 Å². The topological polar surface area (TPSA) is 30.7 Å². The zero-order valence-electron chi connectivity index (χ0n) is 11.5. The van der Waals surface area contributed by atoms with Gasteiger partial charge in [-0.15, -0.1) is 10.2 Å². The fraction of sp³-hybridized carbons (Fsp3) is 0.429. The second-order valence-electron chi connectivity index (χ2n) is 5.54. The molecule has 0 saturated heterocycles. The Bertz CT molecular complexity index is 597. The monoisotopic (exact) mass is 385 g/mol. The average Bonchev–Trinajstić information content (AvgIpc) is 2.76. The third-order valence-corrected chi connectivity index (χ3v) is 4.33. The van der Waals surface area contributed by atoms with Crippen molar-refractivity contribution in [3.63, 3.8) is 0 Å². The molecular weight excluding hydrogens is 370 g/mol. The highest BCUT2D eigenvalue weighted by molar-refractivity contribution is 9.10. The Morgan fingerprint density at radius 2 is 1.89 bits per heavy atom. The Hall–Kier alpha value is -0.680. The van der Waals surface area contributed by atoms with Crippen LogP contribution in [0.15, 0.2) is 22.7 Å². The summed E-state index contributed by atoms with van der Waals surface area (Å²) < 4.78 is 3.29. The van der Waals surface area contributed by atoms with E-state index in [1.54, 1.807) is 0 Å². The summed E-state index contributed by atoms with van der Waals surface area (Å²) in [7, 11) is 0. The molecule has 1 aromatic heterocycles. The van der Waals surface area contributed by atoms with Crippen LogP contribution in [0.4, 0.5) is 0 Å². The molecule has 0 unspecified atom stereocenters. The van der Waals surface area contributed by atoms with E-state index >= 15 is 0 Å². The molecule has 0 bridgehead atoms. The van der Waals surface area contributed by atoms with Gasteiger partial charge in [-0.2, -0.15) is 0 Å². The first-order valence-electron chi connectivity index (χ1n) is 6.12. The maximum Gasteiger partial charge on any atom is 0.164 e. The van der Waals surface area contributed by atoms with Crippen molar-refractivity contribution in [1.29, 1.82) is 0 Å². The molecule has 0 aliphatic rings. The van der Waals surface area contributed by atoms with Crippen molar-refractivity contribution < 1.29 is 0 Å². The van der Waals surface area contributed by atoms with Crippen molar-refractivity contribution in [3.05, 3.63) is 34.1 Å². The summed E-state index contributed by atoms with van der Waals surface area (Å²) in [5.74, 6) is 1.86. The van der Waals surface area contributed by atoms with Crippen molar-refractivity contribution in [3.8, 4) is 11.4 Å². The van der Waals surface area contributed by atoms with E-state index in [9.17, 15) is 0 Å². The molecule has 102 valence electrons. The van der Waals surface area contributed by atoms with Crippen LogP contribution < -0.4 is 0 Å². The molecule has 2 aromatic rings. The Morgan fingerprint density at radius 3 is 2.42 bits per heavy atom. The third kappa shape index (κ3) is 2.92. The minimum absolute atomic E-state index is 0.0527. The van der Waals surface area contributed by atoms with E-state index in [0.29, 0.717) is 5.33 Å². The Morgan fingerprint density at radius 1 is 1.21 bits per heavy atom. The lowest BCUT2D eigenvalue weighted by Crippen LogP contribution is -2.24. The third-order valence-electron chi connectivity index (χ3n) is 2.94. The van der Waals surface area contributed by atoms with Crippen molar-refractivity contribution in [2.24, 2.45) is 0 Å². The summed E-state index contributed by atoms with van der Waals surface area (Å²) in [4.78, 5) is 0. The first-order chi connectivity index (χ1) is 8.84. The average molecular weight is 387 g/mol. The Labute approximate surface area is 130 Å². The highest BCUT2D eigenvalue weighted by Gasteiger charge is 2.23. The minimum Gasteiger partial charge on any atom is -0.305 e. The normalized spacial score (nSPS) is 11.9. The molecule has 0 fully saturated rings. The number of hydrogen-bond donors (Lipinski definition) is 0. The van der Waals surface area contributed by atoms with Crippen molar-refractivity contribution in [2.45, 2.75) is 38.6 Å². The molecule has 0 amide bonds. The lowest BCUT2D eigenvalue weighted by Gasteiger charge is -2.24. The van der Waals surface area contributed by atoms with Gasteiger partial charge in [-0.1, -0.05) is 37.9 Å². The number of halogens is 2. The van der Waals surface area contributed by atoms with E-state index < -0.39 is 0 Å². The first kappa shape index (κ1) is 14.7. The molecular formula is C14H17Br2N3. The predicted molar refractivity (Wildman–Crippen MR) is 85.5 cm³/mol. The molecule has 0 spiro atoms. The van der Waals surface area contributed by atoms with E-state index in [4.69, 9.17) is 0 Å². The van der Waals surface area contributed by atoms with E-state index in [0.717, 1.165) is 21.7 Å². The van der Waals surface area contributed by atoms with Gasteiger partial charge in [0.2, 0.25) is 0 Å². The molecule has 5 heteroatoms. The number of hydrogen-bond acceptors (Lipinski definition) is 2. The van der Waals surface area contributed by atoms with Crippen LogP contribution in [0, 0.1) is 6.92 Å². The largest absolute Gasteiger partial charge is 0.305 e. The maximum atomic E-state index is 4.36. The quantitative estimate of drug-likeness (QED) is 0.702. The summed E-state index contributed by atoms with van der Waals surface area (Å²) in [6.45, 7) is 8.57. The molecule has 0 saturated carbocycles. The summed E-state index contributed by atoms with van der Waals surface area (Å²) in [6, 6.07) is 6.26. The Balaban J connectivity index is 2.62. The number of rotatable bonds is 2. The fourth-order valence-electron chi connectivity index (χ4n) is 2.08. The summed E-state index contributed by atoms with van der Waals surface area (Å²) in [5.41, 5.74) is 2.24. The van der Waals surface area contributed by atoms with Gasteiger partial charge in [0.1, 0.15) is 5.82 Å². The predicted octanol–water partition coefficient (Wildman–Crippen LogP) is 4.67.